The zero-order chi connectivity index (χ0) is 14.0. The van der Waals surface area contributed by atoms with Crippen LogP contribution in [-0.4, -0.2) is 35.8 Å². The molecule has 1 aliphatic heterocycles. The number of likely N-dealkylation sites (tertiary alicyclic amines) is 1. The molecule has 0 spiro atoms. The number of carbonyl (C=O) groups is 1. The zero-order valence-electron chi connectivity index (χ0n) is 9.85. The molecule has 0 atom stereocenters. The van der Waals surface area contributed by atoms with E-state index in [0.717, 1.165) is 6.07 Å². The smallest absolute Gasteiger partial charge is 0.419 e. The lowest BCUT2D eigenvalue weighted by Gasteiger charge is -2.36. The molecule has 0 radical (unpaired) electrons. The van der Waals surface area contributed by atoms with Gasteiger partial charge in [-0.2, -0.15) is 13.2 Å². The minimum Gasteiger partial charge on any atom is -0.493 e. The monoisotopic (exact) mass is 275 g/mol. The van der Waals surface area contributed by atoms with Crippen molar-refractivity contribution in [2.24, 2.45) is 5.92 Å². The van der Waals surface area contributed by atoms with Gasteiger partial charge in [0.15, 0.2) is 0 Å². The largest absolute Gasteiger partial charge is 0.493 e. The fraction of sp³-hybridized carbons (Fsp3) is 0.417. The van der Waals surface area contributed by atoms with Crippen molar-refractivity contribution >= 4 is 6.09 Å². The van der Waals surface area contributed by atoms with Crippen LogP contribution < -0.4 is 4.74 Å². The van der Waals surface area contributed by atoms with Gasteiger partial charge in [0.25, 0.3) is 0 Å². The Labute approximate surface area is 107 Å². The second kappa shape index (κ2) is 4.99. The Balaban J connectivity index is 1.93. The van der Waals surface area contributed by atoms with E-state index in [1.54, 1.807) is 0 Å². The van der Waals surface area contributed by atoms with Crippen molar-refractivity contribution in [2.45, 2.75) is 6.18 Å². The second-order valence-corrected chi connectivity index (χ2v) is 4.36. The summed E-state index contributed by atoms with van der Waals surface area (Å²) < 4.78 is 43.2. The Morgan fingerprint density at radius 3 is 2.58 bits per heavy atom. The van der Waals surface area contributed by atoms with E-state index in [-0.39, 0.29) is 18.3 Å². The van der Waals surface area contributed by atoms with Gasteiger partial charge in [0.2, 0.25) is 0 Å². The van der Waals surface area contributed by atoms with E-state index in [9.17, 15) is 18.0 Å². The topological polar surface area (TPSA) is 49.8 Å². The molecular formula is C12H12F3NO3. The molecule has 19 heavy (non-hydrogen) atoms. The molecule has 1 saturated heterocycles. The lowest BCUT2D eigenvalue weighted by molar-refractivity contribution is -0.139. The van der Waals surface area contributed by atoms with Crippen molar-refractivity contribution in [3.8, 4) is 5.75 Å². The number of carboxylic acid groups (broad SMARTS) is 1. The Morgan fingerprint density at radius 1 is 1.37 bits per heavy atom. The zero-order valence-corrected chi connectivity index (χ0v) is 9.85. The molecule has 104 valence electrons. The molecule has 4 nitrogen and oxygen atoms in total. The lowest BCUT2D eigenvalue weighted by Crippen LogP contribution is -2.51. The fourth-order valence-corrected chi connectivity index (χ4v) is 1.87. The fourth-order valence-electron chi connectivity index (χ4n) is 1.87. The normalized spacial score (nSPS) is 16.1. The molecule has 1 aliphatic rings. The van der Waals surface area contributed by atoms with Crippen molar-refractivity contribution in [3.63, 3.8) is 0 Å². The summed E-state index contributed by atoms with van der Waals surface area (Å²) in [5, 5.41) is 8.62. The van der Waals surface area contributed by atoms with Gasteiger partial charge in [0, 0.05) is 19.0 Å². The third-order valence-corrected chi connectivity index (χ3v) is 2.89. The highest BCUT2D eigenvalue weighted by Gasteiger charge is 2.35. The van der Waals surface area contributed by atoms with Crippen molar-refractivity contribution in [3.05, 3.63) is 29.8 Å². The minimum absolute atomic E-state index is 0.0580. The van der Waals surface area contributed by atoms with Crippen LogP contribution in [0, 0.1) is 5.92 Å². The van der Waals surface area contributed by atoms with E-state index in [1.807, 2.05) is 0 Å². The predicted octanol–water partition coefficient (Wildman–Crippen LogP) is 2.69. The van der Waals surface area contributed by atoms with E-state index in [4.69, 9.17) is 9.84 Å². The molecule has 1 heterocycles. The molecule has 0 unspecified atom stereocenters. The second-order valence-electron chi connectivity index (χ2n) is 4.36. The molecular weight excluding hydrogens is 263 g/mol. The van der Waals surface area contributed by atoms with Gasteiger partial charge >= 0.3 is 12.3 Å². The molecule has 0 bridgehead atoms. The molecule has 0 aliphatic carbocycles. The summed E-state index contributed by atoms with van der Waals surface area (Å²) in [4.78, 5) is 11.7. The number of benzene rings is 1. The van der Waals surface area contributed by atoms with E-state index < -0.39 is 17.8 Å². The summed E-state index contributed by atoms with van der Waals surface area (Å²) in [6.45, 7) is 0.671. The van der Waals surface area contributed by atoms with Crippen LogP contribution in [0.3, 0.4) is 0 Å². The number of para-hydroxylation sites is 1. The van der Waals surface area contributed by atoms with Gasteiger partial charge in [-0.3, -0.25) is 0 Å². The number of hydrogen-bond donors (Lipinski definition) is 1. The molecule has 1 amide bonds. The summed E-state index contributed by atoms with van der Waals surface area (Å²) in [5.41, 5.74) is -0.815. The van der Waals surface area contributed by atoms with Crippen molar-refractivity contribution < 1.29 is 27.8 Å². The number of alkyl halides is 3. The highest BCUT2D eigenvalue weighted by Crippen LogP contribution is 2.36. The van der Waals surface area contributed by atoms with E-state index >= 15 is 0 Å². The molecule has 1 N–H and O–H groups in total. The average molecular weight is 275 g/mol. The maximum atomic E-state index is 12.7. The van der Waals surface area contributed by atoms with Gasteiger partial charge in [-0.25, -0.2) is 4.79 Å². The maximum absolute atomic E-state index is 12.7. The number of nitrogens with zero attached hydrogens (tertiary/aromatic N) is 1. The third kappa shape index (κ3) is 3.10. The van der Waals surface area contributed by atoms with Gasteiger partial charge in [0.1, 0.15) is 5.75 Å². The highest BCUT2D eigenvalue weighted by atomic mass is 19.4. The molecule has 1 aromatic rings. The number of halogens is 3. The van der Waals surface area contributed by atoms with Crippen LogP contribution >= 0.6 is 0 Å². The maximum Gasteiger partial charge on any atom is 0.419 e. The molecule has 0 saturated carbocycles. The van der Waals surface area contributed by atoms with Gasteiger partial charge in [-0.1, -0.05) is 12.1 Å². The minimum atomic E-state index is -4.46. The number of amides is 1. The summed E-state index contributed by atoms with van der Waals surface area (Å²) in [6, 6.07) is 4.98. The molecule has 7 heteroatoms. The molecule has 1 fully saturated rings. The quantitative estimate of drug-likeness (QED) is 0.922. The molecule has 0 aromatic heterocycles. The van der Waals surface area contributed by atoms with E-state index in [0.29, 0.717) is 13.1 Å². The van der Waals surface area contributed by atoms with E-state index in [1.165, 1.54) is 23.1 Å². The number of ether oxygens (including phenoxy) is 1. The van der Waals surface area contributed by atoms with Crippen LogP contribution in [0.1, 0.15) is 5.56 Å². The van der Waals surface area contributed by atoms with E-state index in [2.05, 4.69) is 0 Å². The SMILES string of the molecule is O=C(O)N1CC(COc2ccccc2C(F)(F)F)C1. The summed E-state index contributed by atoms with van der Waals surface area (Å²) in [6.07, 6.45) is -5.48. The average Bonchev–Trinajstić information content (AvgIpc) is 2.25. The first kappa shape index (κ1) is 13.5. The highest BCUT2D eigenvalue weighted by molar-refractivity contribution is 5.66. The predicted molar refractivity (Wildman–Crippen MR) is 60.0 cm³/mol. The van der Waals surface area contributed by atoms with Crippen molar-refractivity contribution in [1.82, 2.24) is 4.90 Å². The summed E-state index contributed by atoms with van der Waals surface area (Å²) in [7, 11) is 0. The van der Waals surface area contributed by atoms with Crippen molar-refractivity contribution in [1.29, 1.82) is 0 Å². The lowest BCUT2D eigenvalue weighted by atomic mass is 10.0. The van der Waals surface area contributed by atoms with Crippen LogP contribution in [-0.2, 0) is 6.18 Å². The Bertz CT molecular complexity index is 470. The van der Waals surface area contributed by atoms with Gasteiger partial charge in [0.05, 0.1) is 12.2 Å². The first-order valence-corrected chi connectivity index (χ1v) is 5.65. The first-order chi connectivity index (χ1) is 8.88. The Morgan fingerprint density at radius 2 is 2.00 bits per heavy atom. The standard InChI is InChI=1S/C12H12F3NO3/c13-12(14,15)9-3-1-2-4-10(9)19-7-8-5-16(6-8)11(17)18/h1-4,8H,5-7H2,(H,17,18). The summed E-state index contributed by atoms with van der Waals surface area (Å²) in [5.74, 6) is -0.277. The number of hydrogen-bond acceptors (Lipinski definition) is 2. The van der Waals surface area contributed by atoms with Gasteiger partial charge < -0.3 is 14.7 Å². The van der Waals surface area contributed by atoms with Crippen molar-refractivity contribution in [2.75, 3.05) is 19.7 Å². The van der Waals surface area contributed by atoms with Crippen LogP contribution in [0.4, 0.5) is 18.0 Å². The third-order valence-electron chi connectivity index (χ3n) is 2.89. The summed E-state index contributed by atoms with van der Waals surface area (Å²) >= 11 is 0. The van der Waals surface area contributed by atoms with Gasteiger partial charge in [-0.15, -0.1) is 0 Å². The van der Waals surface area contributed by atoms with Crippen LogP contribution in [0.5, 0.6) is 5.75 Å². The first-order valence-electron chi connectivity index (χ1n) is 5.65. The van der Waals surface area contributed by atoms with Crippen LogP contribution in [0.2, 0.25) is 0 Å². The molecule has 1 aromatic carbocycles. The molecule has 2 rings (SSSR count). The van der Waals surface area contributed by atoms with Crippen LogP contribution in [0.25, 0.3) is 0 Å². The number of rotatable bonds is 3. The van der Waals surface area contributed by atoms with Crippen LogP contribution in [0.15, 0.2) is 24.3 Å². The Hall–Kier alpha value is -1.92. The Kier molecular flexibility index (Phi) is 3.55. The van der Waals surface area contributed by atoms with Gasteiger partial charge in [-0.05, 0) is 12.1 Å².